The van der Waals surface area contributed by atoms with E-state index in [0.29, 0.717) is 0 Å². The third-order valence-electron chi connectivity index (χ3n) is 2.30. The fourth-order valence-corrected chi connectivity index (χ4v) is 3.31. The van der Waals surface area contributed by atoms with Gasteiger partial charge in [0.05, 0.1) is 13.2 Å². The molecule has 5 nitrogen and oxygen atoms in total. The maximum absolute atomic E-state index is 12.4. The van der Waals surface area contributed by atoms with Crippen molar-refractivity contribution in [1.29, 1.82) is 0 Å². The Bertz CT molecular complexity index is 327. The molecule has 0 radical (unpaired) electrons. The van der Waals surface area contributed by atoms with Crippen LogP contribution in [0.15, 0.2) is 11.4 Å². The van der Waals surface area contributed by atoms with E-state index < -0.39 is 13.6 Å². The molecule has 0 aromatic heterocycles. The normalized spacial score (nSPS) is 14.6. The van der Waals surface area contributed by atoms with Crippen molar-refractivity contribution in [2.24, 2.45) is 5.92 Å². The van der Waals surface area contributed by atoms with Crippen LogP contribution >= 0.6 is 7.60 Å². The molecule has 0 aliphatic heterocycles. The molecule has 0 spiro atoms. The lowest BCUT2D eigenvalue weighted by atomic mass is 10.1. The highest BCUT2D eigenvalue weighted by atomic mass is 31.2. The summed E-state index contributed by atoms with van der Waals surface area (Å²) < 4.78 is 22.5. The Balaban J connectivity index is 5.28. The molecule has 0 heterocycles. The van der Waals surface area contributed by atoms with Crippen LogP contribution in [-0.2, 0) is 18.4 Å². The molecule has 0 amide bonds. The summed E-state index contributed by atoms with van der Waals surface area (Å²) in [6.07, 6.45) is 3.24. The highest BCUT2D eigenvalue weighted by Gasteiger charge is 2.35. The number of carbonyl (C=O) groups is 1. The zero-order valence-corrected chi connectivity index (χ0v) is 12.4. The predicted molar refractivity (Wildman–Crippen MR) is 70.6 cm³/mol. The average Bonchev–Trinajstić information content (AvgIpc) is 2.26. The van der Waals surface area contributed by atoms with Crippen LogP contribution in [0.3, 0.4) is 0 Å². The van der Waals surface area contributed by atoms with Gasteiger partial charge in [0.25, 0.3) is 0 Å². The molecule has 0 aromatic rings. The molecule has 1 N–H and O–H groups in total. The van der Waals surface area contributed by atoms with E-state index in [0.717, 1.165) is 12.8 Å². The van der Waals surface area contributed by atoms with Gasteiger partial charge in [-0.1, -0.05) is 26.3 Å². The largest absolute Gasteiger partial charge is 0.477 e. The number of aliphatic carboxylic acids is 1. The van der Waals surface area contributed by atoms with Gasteiger partial charge < -0.3 is 14.2 Å². The second-order valence-corrected chi connectivity index (χ2v) is 5.95. The molecule has 0 aliphatic carbocycles. The Labute approximate surface area is 109 Å². The van der Waals surface area contributed by atoms with E-state index in [4.69, 9.17) is 9.05 Å². The summed E-state index contributed by atoms with van der Waals surface area (Å²) >= 11 is 0. The SMILES string of the molecule is CCCC(C)/C=C(\C(=O)O)P(=O)(OCC)OCC. The molecular formula is C12H23O5P. The van der Waals surface area contributed by atoms with Crippen LogP contribution in [-0.4, -0.2) is 24.3 Å². The van der Waals surface area contributed by atoms with Gasteiger partial charge in [0, 0.05) is 0 Å². The number of carboxylic acids is 1. The number of hydrogen-bond acceptors (Lipinski definition) is 4. The summed E-state index contributed by atoms with van der Waals surface area (Å²) in [7, 11) is -3.70. The standard InChI is InChI=1S/C12H23O5P/c1-5-8-10(4)9-11(12(13)14)18(15,16-6-2)17-7-3/h9-10H,5-8H2,1-4H3,(H,13,14)/b11-9+. The predicted octanol–water partition coefficient (Wildman–Crippen LogP) is 3.66. The lowest BCUT2D eigenvalue weighted by Gasteiger charge is -2.18. The molecular weight excluding hydrogens is 255 g/mol. The first-order valence-corrected chi connectivity index (χ1v) is 7.80. The Morgan fingerprint density at radius 3 is 2.11 bits per heavy atom. The lowest BCUT2D eigenvalue weighted by molar-refractivity contribution is -0.132. The highest BCUT2D eigenvalue weighted by Crippen LogP contribution is 2.56. The highest BCUT2D eigenvalue weighted by molar-refractivity contribution is 7.59. The van der Waals surface area contributed by atoms with Crippen LogP contribution in [0.1, 0.15) is 40.5 Å². The van der Waals surface area contributed by atoms with Crippen LogP contribution < -0.4 is 0 Å². The van der Waals surface area contributed by atoms with E-state index in [1.807, 2.05) is 13.8 Å². The minimum absolute atomic E-state index is 0.0235. The zero-order valence-electron chi connectivity index (χ0n) is 11.5. The van der Waals surface area contributed by atoms with Gasteiger partial charge in [-0.25, -0.2) is 4.79 Å². The fraction of sp³-hybridized carbons (Fsp3) is 0.750. The molecule has 1 unspecified atom stereocenters. The molecule has 0 aromatic carbocycles. The number of hydrogen-bond donors (Lipinski definition) is 1. The van der Waals surface area contributed by atoms with Crippen molar-refractivity contribution in [3.8, 4) is 0 Å². The van der Waals surface area contributed by atoms with E-state index in [2.05, 4.69) is 0 Å². The molecule has 0 saturated heterocycles. The molecule has 6 heteroatoms. The van der Waals surface area contributed by atoms with Crippen molar-refractivity contribution < 1.29 is 23.5 Å². The molecule has 0 rings (SSSR count). The Hall–Kier alpha value is -0.640. The van der Waals surface area contributed by atoms with E-state index in [1.165, 1.54) is 6.08 Å². The van der Waals surface area contributed by atoms with Crippen molar-refractivity contribution in [3.63, 3.8) is 0 Å². The van der Waals surface area contributed by atoms with Gasteiger partial charge in [0.2, 0.25) is 0 Å². The summed E-state index contributed by atoms with van der Waals surface area (Å²) in [4.78, 5) is 11.2. The van der Waals surface area contributed by atoms with E-state index in [9.17, 15) is 14.5 Å². The minimum atomic E-state index is -3.70. The smallest absolute Gasteiger partial charge is 0.368 e. The molecule has 0 saturated carbocycles. The monoisotopic (exact) mass is 278 g/mol. The second kappa shape index (κ2) is 8.46. The lowest BCUT2D eigenvalue weighted by Crippen LogP contribution is -2.09. The minimum Gasteiger partial charge on any atom is -0.477 e. The topological polar surface area (TPSA) is 72.8 Å². The summed E-state index contributed by atoms with van der Waals surface area (Å²) in [6, 6.07) is 0. The van der Waals surface area contributed by atoms with Crippen LogP contribution in [0.5, 0.6) is 0 Å². The molecule has 106 valence electrons. The Kier molecular flexibility index (Phi) is 8.16. The van der Waals surface area contributed by atoms with Crippen molar-refractivity contribution in [2.45, 2.75) is 40.5 Å². The fourth-order valence-electron chi connectivity index (χ4n) is 1.60. The molecule has 0 aliphatic rings. The van der Waals surface area contributed by atoms with E-state index in [-0.39, 0.29) is 24.4 Å². The number of rotatable bonds is 9. The molecule has 18 heavy (non-hydrogen) atoms. The van der Waals surface area contributed by atoms with Gasteiger partial charge in [-0.3, -0.25) is 4.57 Å². The molecule has 0 bridgehead atoms. The number of carboxylic acid groups (broad SMARTS) is 1. The van der Waals surface area contributed by atoms with Crippen LogP contribution in [0, 0.1) is 5.92 Å². The van der Waals surface area contributed by atoms with E-state index in [1.54, 1.807) is 13.8 Å². The summed E-state index contributed by atoms with van der Waals surface area (Å²) in [5, 5.41) is 8.92. The van der Waals surface area contributed by atoms with Crippen LogP contribution in [0.4, 0.5) is 0 Å². The quantitative estimate of drug-likeness (QED) is 0.514. The maximum Gasteiger partial charge on any atom is 0.368 e. The second-order valence-electron chi connectivity index (χ2n) is 3.96. The van der Waals surface area contributed by atoms with Gasteiger partial charge in [-0.15, -0.1) is 0 Å². The van der Waals surface area contributed by atoms with E-state index >= 15 is 0 Å². The van der Waals surface area contributed by atoms with Crippen molar-refractivity contribution in [1.82, 2.24) is 0 Å². The van der Waals surface area contributed by atoms with Gasteiger partial charge in [0.1, 0.15) is 5.31 Å². The first-order chi connectivity index (χ1) is 8.41. The molecule has 0 fully saturated rings. The summed E-state index contributed by atoms with van der Waals surface area (Å²) in [5.41, 5.74) is 0. The summed E-state index contributed by atoms with van der Waals surface area (Å²) in [6.45, 7) is 7.49. The molecule has 1 atom stereocenters. The van der Waals surface area contributed by atoms with Crippen molar-refractivity contribution >= 4 is 13.6 Å². The van der Waals surface area contributed by atoms with Gasteiger partial charge in [-0.05, 0) is 26.2 Å². The van der Waals surface area contributed by atoms with Crippen molar-refractivity contribution in [2.75, 3.05) is 13.2 Å². The average molecular weight is 278 g/mol. The van der Waals surface area contributed by atoms with Gasteiger partial charge >= 0.3 is 13.6 Å². The van der Waals surface area contributed by atoms with Crippen molar-refractivity contribution in [3.05, 3.63) is 11.4 Å². The Morgan fingerprint density at radius 2 is 1.78 bits per heavy atom. The first-order valence-electron chi connectivity index (χ1n) is 6.26. The Morgan fingerprint density at radius 1 is 1.28 bits per heavy atom. The zero-order chi connectivity index (χ0) is 14.2. The van der Waals surface area contributed by atoms with Gasteiger partial charge in [-0.2, -0.15) is 0 Å². The first kappa shape index (κ1) is 17.4. The third kappa shape index (κ3) is 5.34. The summed E-state index contributed by atoms with van der Waals surface area (Å²) in [5.74, 6) is -1.22. The van der Waals surface area contributed by atoms with Crippen LogP contribution in [0.25, 0.3) is 0 Å². The third-order valence-corrected chi connectivity index (χ3v) is 4.43. The maximum atomic E-state index is 12.4. The van der Waals surface area contributed by atoms with Crippen LogP contribution in [0.2, 0.25) is 0 Å². The number of allylic oxidation sites excluding steroid dienone is 1. The van der Waals surface area contributed by atoms with Gasteiger partial charge in [0.15, 0.2) is 0 Å².